The zero-order chi connectivity index (χ0) is 50.0. The molecule has 0 unspecified atom stereocenters. The van der Waals surface area contributed by atoms with Gasteiger partial charge < -0.3 is 40.2 Å². The minimum Gasteiger partial charge on any atom is -0.368 e. The van der Waals surface area contributed by atoms with Gasteiger partial charge >= 0.3 is 0 Å². The van der Waals surface area contributed by atoms with E-state index in [4.69, 9.17) is 9.97 Å². The highest BCUT2D eigenvalue weighted by atomic mass is 128. The molecule has 4 fully saturated rings. The number of rotatable bonds is 8. The van der Waals surface area contributed by atoms with E-state index in [1.807, 2.05) is 49.1 Å². The minimum atomic E-state index is -0.0889. The largest absolute Gasteiger partial charge is 0.368 e. The quantitative estimate of drug-likeness (QED) is 0.106. The molecule has 4 N–H and O–H groups in total. The summed E-state index contributed by atoms with van der Waals surface area (Å²) in [4.78, 5) is 63.2. The Morgan fingerprint density at radius 3 is 1.26 bits per heavy atom. The van der Waals surface area contributed by atoms with Crippen LogP contribution in [-0.4, -0.2) is 138 Å². The van der Waals surface area contributed by atoms with Gasteiger partial charge in [0.05, 0.1) is 34.8 Å². The highest BCUT2D eigenvalue weighted by Crippen LogP contribution is 2.42. The topological polar surface area (TPSA) is 182 Å². The van der Waals surface area contributed by atoms with Crippen molar-refractivity contribution in [1.29, 1.82) is 0 Å². The maximum atomic E-state index is 12.7. The second-order valence-corrected chi connectivity index (χ2v) is 20.9. The van der Waals surface area contributed by atoms with E-state index in [1.165, 1.54) is 38.5 Å². The van der Waals surface area contributed by atoms with E-state index in [2.05, 4.69) is 147 Å². The van der Waals surface area contributed by atoms with Crippen LogP contribution in [0.4, 0.5) is 34.9 Å². The molecule has 6 aromatic heterocycles. The van der Waals surface area contributed by atoms with Crippen LogP contribution < -0.4 is 31.1 Å². The maximum absolute atomic E-state index is 12.7. The molecule has 2 aliphatic carbocycles. The van der Waals surface area contributed by atoms with Crippen LogP contribution >= 0.6 is 61.2 Å². The molecule has 2 saturated carbocycles. The molecular formula is C52H69I3N16O2. The van der Waals surface area contributed by atoms with Gasteiger partial charge in [-0.3, -0.25) is 19.4 Å². The number of anilines is 6. The summed E-state index contributed by atoms with van der Waals surface area (Å²) in [5.74, 6) is 2.37. The number of carbonyl (C=O) groups is 2. The van der Waals surface area contributed by atoms with Crippen LogP contribution in [0.2, 0.25) is 0 Å². The molecule has 2 spiro atoms. The van der Waals surface area contributed by atoms with Crippen LogP contribution in [0.3, 0.4) is 0 Å². The molecule has 10 heterocycles. The lowest BCUT2D eigenvalue weighted by Gasteiger charge is -2.42. The normalized spacial score (nSPS) is 19.6. The van der Waals surface area contributed by atoms with Gasteiger partial charge in [-0.1, -0.05) is 38.5 Å². The van der Waals surface area contributed by atoms with E-state index in [0.29, 0.717) is 60.1 Å². The van der Waals surface area contributed by atoms with Crippen molar-refractivity contribution < 1.29 is 9.59 Å². The average Bonchev–Trinajstić information content (AvgIpc) is 4.02. The molecule has 0 atom stereocenters. The van der Waals surface area contributed by atoms with Crippen molar-refractivity contribution in [3.8, 4) is 0 Å². The maximum Gasteiger partial charge on any atom is 0.268 e. The van der Waals surface area contributed by atoms with Gasteiger partial charge in [0, 0.05) is 138 Å². The number of aromatic nitrogens is 8. The van der Waals surface area contributed by atoms with Crippen molar-refractivity contribution >= 4 is 130 Å². The molecule has 12 rings (SSSR count). The summed E-state index contributed by atoms with van der Waals surface area (Å²) >= 11 is 4.24. The van der Waals surface area contributed by atoms with Crippen molar-refractivity contribution in [2.24, 2.45) is 0 Å². The van der Waals surface area contributed by atoms with Gasteiger partial charge in [0.25, 0.3) is 11.8 Å². The van der Waals surface area contributed by atoms with Crippen LogP contribution in [0, 0.1) is 0 Å². The number of hydrogen-bond donors (Lipinski definition) is 4. The first-order valence-corrected chi connectivity index (χ1v) is 32.3. The molecule has 4 aliphatic heterocycles. The number of amides is 2. The molecule has 18 nitrogen and oxygen atoms in total. The van der Waals surface area contributed by atoms with Crippen molar-refractivity contribution in [1.82, 2.24) is 59.5 Å². The van der Waals surface area contributed by atoms with E-state index in [0.717, 1.165) is 111 Å². The average molecular weight is 1330 g/mol. The van der Waals surface area contributed by atoms with E-state index < -0.39 is 0 Å². The zero-order valence-electron chi connectivity index (χ0n) is 42.4. The number of hydrogen-bond acceptors (Lipinski definition) is 14. The zero-order valence-corrected chi connectivity index (χ0v) is 49.1. The Hall–Kier alpha value is -4.21. The molecule has 6 aliphatic rings. The smallest absolute Gasteiger partial charge is 0.268 e. The van der Waals surface area contributed by atoms with Gasteiger partial charge in [-0.25, -0.2) is 19.9 Å². The Labute approximate surface area is 468 Å². The summed E-state index contributed by atoms with van der Waals surface area (Å²) in [5.41, 5.74) is 5.15. The second kappa shape index (κ2) is 23.4. The highest BCUT2D eigenvalue weighted by Gasteiger charge is 2.43. The number of fused-ring (bicyclic) bond motifs is 8. The third-order valence-corrected chi connectivity index (χ3v) is 16.0. The SMILES string of the molecule is CC(C)N1CCN(c2ccc(Nc3ncc4cc5n(c4n3)C3(CCCCC3)CNC5=O)nc2)CC1.CC(C)N1CCN(c2ccc(Nc3ncc4cc5n(c4n3)C3(CCCCC3)CNC5=O)nc2)CC1.I.II. The molecule has 21 heteroatoms. The number of pyridine rings is 2. The van der Waals surface area contributed by atoms with Crippen molar-refractivity contribution in [2.75, 3.05) is 85.9 Å². The van der Waals surface area contributed by atoms with Crippen LogP contribution in [-0.2, 0) is 11.1 Å². The van der Waals surface area contributed by atoms with E-state index in [1.54, 1.807) is 0 Å². The molecule has 390 valence electrons. The fourth-order valence-corrected chi connectivity index (χ4v) is 12.0. The lowest BCUT2D eigenvalue weighted by Crippen LogP contribution is -2.52. The molecule has 73 heavy (non-hydrogen) atoms. The lowest BCUT2D eigenvalue weighted by atomic mass is 9.80. The molecule has 0 bridgehead atoms. The first-order valence-electron chi connectivity index (χ1n) is 26.0. The van der Waals surface area contributed by atoms with Gasteiger partial charge in [0.2, 0.25) is 11.9 Å². The Bertz CT molecular complexity index is 2650. The van der Waals surface area contributed by atoms with Gasteiger partial charge in [-0.05, 0) is 89.8 Å². The Balaban J connectivity index is 0.000000172. The first kappa shape index (κ1) is 53.6. The van der Waals surface area contributed by atoms with Gasteiger partial charge in [0.15, 0.2) is 0 Å². The third-order valence-electron chi connectivity index (χ3n) is 16.0. The number of carbonyl (C=O) groups excluding carboxylic acids is 2. The summed E-state index contributed by atoms with van der Waals surface area (Å²) in [5, 5.41) is 14.6. The fourth-order valence-electron chi connectivity index (χ4n) is 12.0. The predicted molar refractivity (Wildman–Crippen MR) is 318 cm³/mol. The molecular weight excluding hydrogens is 1260 g/mol. The van der Waals surface area contributed by atoms with Crippen LogP contribution in [0.15, 0.2) is 61.2 Å². The summed E-state index contributed by atoms with van der Waals surface area (Å²) < 4.78 is 4.39. The second-order valence-electron chi connectivity index (χ2n) is 20.9. The van der Waals surface area contributed by atoms with Crippen molar-refractivity contribution in [3.05, 3.63) is 72.6 Å². The van der Waals surface area contributed by atoms with E-state index in [-0.39, 0.29) is 46.9 Å². The highest BCUT2D eigenvalue weighted by molar-refractivity contribution is 15.0. The van der Waals surface area contributed by atoms with Crippen molar-refractivity contribution in [2.45, 2.75) is 115 Å². The first-order chi connectivity index (χ1) is 35.0. The predicted octanol–water partition coefficient (Wildman–Crippen LogP) is 9.40. The standard InChI is InChI=1S/2C26H34N8O.I2.HI/c2*1-18(2)32-10-12-33(13-11-32)20-6-7-22(27-16-20)30-25-28-15-19-14-21-24(35)29-17-26(8-4-3-5-9-26)34(21)23(19)31-25;1-2;/h2*6-7,14-16,18H,3-5,8-13,17H2,1-2H3,(H,29,35)(H,27,28,30,31);;1H. The van der Waals surface area contributed by atoms with E-state index >= 15 is 0 Å². The van der Waals surface area contributed by atoms with Crippen LogP contribution in [0.5, 0.6) is 0 Å². The van der Waals surface area contributed by atoms with Crippen LogP contribution in [0.25, 0.3) is 22.1 Å². The van der Waals surface area contributed by atoms with Gasteiger partial charge in [-0.2, -0.15) is 9.97 Å². The minimum absolute atomic E-state index is 0. The molecule has 0 radical (unpaired) electrons. The summed E-state index contributed by atoms with van der Waals surface area (Å²) in [6.07, 6.45) is 18.9. The number of nitrogens with zero attached hydrogens (tertiary/aromatic N) is 12. The monoisotopic (exact) mass is 1330 g/mol. The lowest BCUT2D eigenvalue weighted by molar-refractivity contribution is 0.0828. The Kier molecular flexibility index (Phi) is 17.2. The molecule has 6 aromatic rings. The third kappa shape index (κ3) is 11.2. The van der Waals surface area contributed by atoms with Gasteiger partial charge in [-0.15, -0.1) is 24.0 Å². The summed E-state index contributed by atoms with van der Waals surface area (Å²) in [7, 11) is 0. The molecule has 2 amide bonds. The van der Waals surface area contributed by atoms with Gasteiger partial charge in [0.1, 0.15) is 34.3 Å². The number of piperazine rings is 2. The Morgan fingerprint density at radius 2 is 0.918 bits per heavy atom. The Morgan fingerprint density at radius 1 is 0.534 bits per heavy atom. The summed E-state index contributed by atoms with van der Waals surface area (Å²) in [6, 6.07) is 13.2. The number of halogens is 3. The van der Waals surface area contributed by atoms with Crippen molar-refractivity contribution in [3.63, 3.8) is 0 Å². The summed E-state index contributed by atoms with van der Waals surface area (Å²) in [6.45, 7) is 18.7. The fraction of sp³-hybridized carbons (Fsp3) is 0.538. The number of nitrogens with one attached hydrogen (secondary N) is 4. The van der Waals surface area contributed by atoms with Crippen LogP contribution in [0.1, 0.15) is 113 Å². The van der Waals surface area contributed by atoms with E-state index in [9.17, 15) is 9.59 Å². The molecule has 2 saturated heterocycles. The molecule has 0 aromatic carbocycles.